The number of hydrogen-bond donors (Lipinski definition) is 3. The molecule has 3 aromatic rings. The molecule has 270 valence electrons. The number of amides is 4. The van der Waals surface area contributed by atoms with Crippen LogP contribution in [-0.4, -0.2) is 88.3 Å². The second-order valence-corrected chi connectivity index (χ2v) is 13.7. The fourth-order valence-electron chi connectivity index (χ4n) is 6.37. The largest absolute Gasteiger partial charge is 0.349 e. The molecular weight excluding hydrogens is 685 g/mol. The number of carbonyl (C=O) groups excluding carboxylic acids is 4. The zero-order chi connectivity index (χ0) is 36.5. The molecule has 0 radical (unpaired) electrons. The summed E-state index contributed by atoms with van der Waals surface area (Å²) in [6.45, 7) is 2.23. The molecule has 0 unspecified atom stereocenters. The Hall–Kier alpha value is -4.88. The number of anilines is 1. The first-order valence-electron chi connectivity index (χ1n) is 16.8. The molecule has 2 atom stereocenters. The highest BCUT2D eigenvalue weighted by atomic mass is 32.1. The lowest BCUT2D eigenvalue weighted by Gasteiger charge is -2.34. The number of alkyl halides is 2. The summed E-state index contributed by atoms with van der Waals surface area (Å²) < 4.78 is 50.0. The molecule has 4 amide bonds. The minimum atomic E-state index is -4.05. The average Bonchev–Trinajstić information content (AvgIpc) is 3.54. The van der Waals surface area contributed by atoms with Crippen LogP contribution < -0.4 is 16.0 Å². The van der Waals surface area contributed by atoms with Gasteiger partial charge in [0, 0.05) is 38.2 Å². The molecule has 1 saturated heterocycles. The van der Waals surface area contributed by atoms with Crippen molar-refractivity contribution in [3.8, 4) is 6.07 Å². The van der Waals surface area contributed by atoms with Gasteiger partial charge in [0.1, 0.15) is 22.8 Å². The molecule has 0 bridgehead atoms. The number of hydrogen-bond acceptors (Lipinski definition) is 9. The van der Waals surface area contributed by atoms with E-state index >= 15 is 13.2 Å². The molecule has 2 heterocycles. The van der Waals surface area contributed by atoms with E-state index in [0.717, 1.165) is 55.4 Å². The van der Waals surface area contributed by atoms with Crippen molar-refractivity contribution in [1.29, 1.82) is 5.26 Å². The molecule has 3 N–H and O–H groups in total. The van der Waals surface area contributed by atoms with Crippen molar-refractivity contribution in [2.45, 2.75) is 63.0 Å². The van der Waals surface area contributed by atoms with Gasteiger partial charge in [-0.2, -0.15) is 14.0 Å². The number of rotatable bonds is 11. The normalized spacial score (nSPS) is 17.0. The second-order valence-electron chi connectivity index (χ2n) is 12.9. The summed E-state index contributed by atoms with van der Waals surface area (Å²) in [5.74, 6) is -8.80. The molecule has 1 aromatic heterocycles. The van der Waals surface area contributed by atoms with E-state index < -0.39 is 53.0 Å². The predicted molar refractivity (Wildman–Crippen MR) is 182 cm³/mol. The molecule has 5 rings (SSSR count). The van der Waals surface area contributed by atoms with Gasteiger partial charge >= 0.3 is 5.92 Å². The maximum Gasteiger partial charge on any atom is 0.349 e. The van der Waals surface area contributed by atoms with Crippen LogP contribution in [0.4, 0.5) is 18.9 Å². The Balaban J connectivity index is 1.33. The van der Waals surface area contributed by atoms with Crippen LogP contribution in [0.3, 0.4) is 0 Å². The van der Waals surface area contributed by atoms with E-state index in [4.69, 9.17) is 5.26 Å². The van der Waals surface area contributed by atoms with Crippen LogP contribution in [0.1, 0.15) is 64.9 Å². The number of piperazine rings is 1. The zero-order valence-electron chi connectivity index (χ0n) is 28.0. The SMILES string of the molecule is CN1CCN(C(=O)[C@@H](Cc2ccc(NC(=O)[C@@H](NC(=O)C(F)(F)c3cccc(C#N)c3)C3CCCCCC3)c(F)c2)NC(=O)c2cnns2)CC1. The Kier molecular flexibility index (Phi) is 12.4. The van der Waals surface area contributed by atoms with Crippen LogP contribution in [0.15, 0.2) is 48.7 Å². The standard InChI is InChI=1S/C35H39F3N8O4S/c1-45-13-15-46(16-14-45)33(49)28(42-31(47)29-21-40-44-51-29)19-22-11-12-27(26(36)18-22)41-32(48)30(24-8-4-2-3-5-9-24)43-34(50)35(37,38)25-10-6-7-23(17-25)20-39/h6-7,10-12,17-18,21,24,28,30H,2-5,8-9,13-16,19H2,1H3,(H,41,48)(H,42,47)(H,43,50)/t28-,30+/m1/s1. The summed E-state index contributed by atoms with van der Waals surface area (Å²) in [5.41, 5.74) is -0.628. The number of nitriles is 1. The van der Waals surface area contributed by atoms with Gasteiger partial charge in [-0.25, -0.2) is 4.39 Å². The van der Waals surface area contributed by atoms with E-state index in [0.29, 0.717) is 44.6 Å². The minimum absolute atomic E-state index is 0.0496. The molecule has 2 fully saturated rings. The van der Waals surface area contributed by atoms with E-state index in [1.807, 2.05) is 7.05 Å². The average molecular weight is 725 g/mol. The van der Waals surface area contributed by atoms with E-state index in [-0.39, 0.29) is 28.5 Å². The summed E-state index contributed by atoms with van der Waals surface area (Å²) in [6, 6.07) is 7.81. The maximum atomic E-state index is 15.6. The molecule has 0 spiro atoms. The highest BCUT2D eigenvalue weighted by Crippen LogP contribution is 2.32. The first-order chi connectivity index (χ1) is 24.5. The van der Waals surface area contributed by atoms with E-state index in [9.17, 15) is 19.2 Å². The molecule has 1 saturated carbocycles. The summed E-state index contributed by atoms with van der Waals surface area (Å²) in [4.78, 5) is 57.1. The van der Waals surface area contributed by atoms with Crippen molar-refractivity contribution >= 4 is 40.8 Å². The monoisotopic (exact) mass is 724 g/mol. The smallest absolute Gasteiger partial charge is 0.339 e. The molecular formula is C35H39F3N8O4S. The van der Waals surface area contributed by atoms with Crippen LogP contribution in [0.2, 0.25) is 0 Å². The van der Waals surface area contributed by atoms with Gasteiger partial charge in [-0.3, -0.25) is 19.2 Å². The van der Waals surface area contributed by atoms with Crippen LogP contribution in [-0.2, 0) is 26.7 Å². The lowest BCUT2D eigenvalue weighted by molar-refractivity contribution is -0.149. The quantitative estimate of drug-likeness (QED) is 0.252. The number of carbonyl (C=O) groups is 4. The lowest BCUT2D eigenvalue weighted by atomic mass is 9.90. The molecule has 12 nitrogen and oxygen atoms in total. The van der Waals surface area contributed by atoms with Crippen LogP contribution in [0, 0.1) is 23.1 Å². The topological polar surface area (TPSA) is 160 Å². The first-order valence-corrected chi connectivity index (χ1v) is 17.6. The molecule has 16 heteroatoms. The van der Waals surface area contributed by atoms with Crippen molar-refractivity contribution in [3.63, 3.8) is 0 Å². The highest BCUT2D eigenvalue weighted by molar-refractivity contribution is 7.07. The Morgan fingerprint density at radius 1 is 1.02 bits per heavy atom. The third-order valence-corrected chi connectivity index (χ3v) is 9.98. The van der Waals surface area contributed by atoms with E-state index in [1.165, 1.54) is 30.5 Å². The zero-order valence-corrected chi connectivity index (χ0v) is 28.9. The van der Waals surface area contributed by atoms with Gasteiger partial charge in [0.15, 0.2) is 0 Å². The third kappa shape index (κ3) is 9.47. The molecule has 1 aliphatic carbocycles. The Morgan fingerprint density at radius 2 is 1.75 bits per heavy atom. The van der Waals surface area contributed by atoms with Crippen molar-refractivity contribution < 1.29 is 32.3 Å². The second kappa shape index (κ2) is 16.9. The van der Waals surface area contributed by atoms with Crippen molar-refractivity contribution in [2.24, 2.45) is 5.92 Å². The number of halogens is 3. The van der Waals surface area contributed by atoms with Crippen molar-refractivity contribution in [1.82, 2.24) is 30.0 Å². The number of nitrogens with one attached hydrogen (secondary N) is 3. The minimum Gasteiger partial charge on any atom is -0.339 e. The predicted octanol–water partition coefficient (Wildman–Crippen LogP) is 3.85. The van der Waals surface area contributed by atoms with Crippen LogP contribution >= 0.6 is 11.5 Å². The Morgan fingerprint density at radius 3 is 2.39 bits per heavy atom. The van der Waals surface area contributed by atoms with Gasteiger partial charge in [-0.05, 0) is 67.2 Å². The van der Waals surface area contributed by atoms with Gasteiger partial charge in [-0.1, -0.05) is 48.4 Å². The summed E-state index contributed by atoms with van der Waals surface area (Å²) in [7, 11) is 1.94. The number of likely N-dealkylation sites (N-methyl/N-ethyl adjacent to an activating group) is 1. The van der Waals surface area contributed by atoms with Gasteiger partial charge in [0.25, 0.3) is 11.8 Å². The Labute approximate surface area is 297 Å². The first kappa shape index (κ1) is 37.4. The molecule has 2 aliphatic rings. The van der Waals surface area contributed by atoms with E-state index in [2.05, 4.69) is 30.4 Å². The van der Waals surface area contributed by atoms with Crippen LogP contribution in [0.25, 0.3) is 0 Å². The fraction of sp³-hybridized carbons (Fsp3) is 0.457. The fourth-order valence-corrected chi connectivity index (χ4v) is 6.78. The molecule has 1 aliphatic heterocycles. The Bertz CT molecular complexity index is 1750. The van der Waals surface area contributed by atoms with Gasteiger partial charge in [0.2, 0.25) is 11.8 Å². The van der Waals surface area contributed by atoms with Gasteiger partial charge < -0.3 is 25.8 Å². The molecule has 2 aromatic carbocycles. The summed E-state index contributed by atoms with van der Waals surface area (Å²) >= 11 is 0.871. The summed E-state index contributed by atoms with van der Waals surface area (Å²) in [6.07, 6.45) is 5.49. The lowest BCUT2D eigenvalue weighted by Crippen LogP contribution is -2.55. The number of nitrogens with zero attached hydrogens (tertiary/aromatic N) is 5. The number of benzene rings is 2. The van der Waals surface area contributed by atoms with Crippen molar-refractivity contribution in [2.75, 3.05) is 38.5 Å². The van der Waals surface area contributed by atoms with Gasteiger partial charge in [-0.15, -0.1) is 5.10 Å². The molecule has 51 heavy (non-hydrogen) atoms. The highest BCUT2D eigenvalue weighted by Gasteiger charge is 2.44. The number of aromatic nitrogens is 2. The van der Waals surface area contributed by atoms with Gasteiger partial charge in [0.05, 0.1) is 23.5 Å². The third-order valence-electron chi connectivity index (χ3n) is 9.31. The summed E-state index contributed by atoms with van der Waals surface area (Å²) in [5, 5.41) is 20.3. The maximum absolute atomic E-state index is 15.6. The van der Waals surface area contributed by atoms with Crippen LogP contribution in [0.5, 0.6) is 0 Å². The van der Waals surface area contributed by atoms with E-state index in [1.54, 1.807) is 11.0 Å². The van der Waals surface area contributed by atoms with Crippen molar-refractivity contribution in [3.05, 3.63) is 76.0 Å².